The van der Waals surface area contributed by atoms with Crippen molar-refractivity contribution in [2.24, 2.45) is 0 Å². The first kappa shape index (κ1) is 21.1. The molecule has 0 aliphatic carbocycles. The highest BCUT2D eigenvalue weighted by atomic mass is 32.2. The fraction of sp³-hybridized carbons (Fsp3) is 0.350. The Kier molecular flexibility index (Phi) is 6.86. The number of fused-ring (bicyclic) bond motifs is 1. The lowest BCUT2D eigenvalue weighted by Gasteiger charge is -2.13. The molecule has 1 amide bonds. The molecule has 156 valence electrons. The van der Waals surface area contributed by atoms with Gasteiger partial charge in [-0.05, 0) is 18.4 Å². The number of nitrogens with zero attached hydrogens (tertiary/aromatic N) is 4. The second-order valence-corrected chi connectivity index (χ2v) is 9.76. The van der Waals surface area contributed by atoms with E-state index in [4.69, 9.17) is 4.98 Å². The van der Waals surface area contributed by atoms with Crippen molar-refractivity contribution in [3.05, 3.63) is 57.0 Å². The lowest BCUT2D eigenvalue weighted by Crippen LogP contribution is -2.27. The largest absolute Gasteiger partial charge is 0.300 e. The zero-order valence-electron chi connectivity index (χ0n) is 16.5. The molecule has 30 heavy (non-hydrogen) atoms. The Balaban J connectivity index is 1.49. The second-order valence-electron chi connectivity index (χ2n) is 6.65. The molecule has 3 heterocycles. The highest BCUT2D eigenvalue weighted by Gasteiger charge is 2.22. The number of thioether (sulfide) groups is 2. The van der Waals surface area contributed by atoms with Crippen molar-refractivity contribution in [3.8, 4) is 0 Å². The topological polar surface area (TPSA) is 89.8 Å². The summed E-state index contributed by atoms with van der Waals surface area (Å²) in [6.45, 7) is 2.53. The smallest absolute Gasteiger partial charge is 0.268 e. The zero-order valence-corrected chi connectivity index (χ0v) is 18.9. The Hall–Kier alpha value is -2.17. The normalized spacial score (nSPS) is 12.7. The van der Waals surface area contributed by atoms with Gasteiger partial charge in [0.15, 0.2) is 5.16 Å². The van der Waals surface area contributed by atoms with E-state index in [1.165, 1.54) is 23.1 Å². The van der Waals surface area contributed by atoms with E-state index in [9.17, 15) is 9.59 Å². The third-order valence-electron chi connectivity index (χ3n) is 4.56. The van der Waals surface area contributed by atoms with Crippen LogP contribution in [0.15, 0.2) is 45.2 Å². The molecule has 2 aromatic heterocycles. The van der Waals surface area contributed by atoms with Crippen LogP contribution in [0.4, 0.5) is 5.13 Å². The van der Waals surface area contributed by atoms with Crippen molar-refractivity contribution in [2.75, 3.05) is 16.8 Å². The summed E-state index contributed by atoms with van der Waals surface area (Å²) in [6.07, 6.45) is 2.31. The van der Waals surface area contributed by atoms with E-state index < -0.39 is 0 Å². The molecule has 1 N–H and O–H groups in total. The number of carbonyl (C=O) groups is 1. The Labute approximate surface area is 186 Å². The van der Waals surface area contributed by atoms with E-state index >= 15 is 0 Å². The minimum atomic E-state index is -0.183. The quantitative estimate of drug-likeness (QED) is 0.408. The van der Waals surface area contributed by atoms with E-state index in [-0.39, 0.29) is 17.2 Å². The summed E-state index contributed by atoms with van der Waals surface area (Å²) in [7, 11) is 0. The average Bonchev–Trinajstić information content (AvgIpc) is 3.42. The van der Waals surface area contributed by atoms with E-state index in [1.54, 1.807) is 16.3 Å². The first-order valence-electron chi connectivity index (χ1n) is 9.69. The van der Waals surface area contributed by atoms with Gasteiger partial charge in [0, 0.05) is 18.7 Å². The van der Waals surface area contributed by atoms with Crippen molar-refractivity contribution in [3.63, 3.8) is 0 Å². The lowest BCUT2D eigenvalue weighted by molar-refractivity contribution is -0.113. The average molecular weight is 460 g/mol. The predicted molar refractivity (Wildman–Crippen MR) is 122 cm³/mol. The molecule has 0 bridgehead atoms. The monoisotopic (exact) mass is 459 g/mol. The predicted octanol–water partition coefficient (Wildman–Crippen LogP) is 3.28. The number of amides is 1. The van der Waals surface area contributed by atoms with E-state index in [2.05, 4.69) is 15.5 Å². The summed E-state index contributed by atoms with van der Waals surface area (Å²) in [6, 6.07) is 10.1. The van der Waals surface area contributed by atoms with Crippen molar-refractivity contribution in [2.45, 2.75) is 42.8 Å². The van der Waals surface area contributed by atoms with Crippen LogP contribution in [0.25, 0.3) is 0 Å². The molecule has 4 rings (SSSR count). The number of benzene rings is 1. The van der Waals surface area contributed by atoms with E-state index in [1.807, 2.05) is 37.3 Å². The molecule has 1 aromatic carbocycles. The van der Waals surface area contributed by atoms with Gasteiger partial charge >= 0.3 is 0 Å². The molecule has 1 aliphatic heterocycles. The summed E-state index contributed by atoms with van der Waals surface area (Å²) >= 11 is 4.23. The number of nitrogens with one attached hydrogen (secondary N) is 1. The maximum Gasteiger partial charge on any atom is 0.268 e. The standard InChI is InChI=1S/C20H21N5O2S3/c1-2-16-23-24-19(30-16)22-15(26)12-29-20-21-14-9-11-28-17(14)18(27)25(20)10-8-13-6-4-3-5-7-13/h3-7H,2,8-12H2,1H3,(H,22,24,26). The SMILES string of the molecule is CCc1nnc(NC(=O)CSc2nc3c(c(=O)n2CCc2ccccc2)SCC3)s1. The van der Waals surface area contributed by atoms with Crippen molar-refractivity contribution in [1.82, 2.24) is 19.7 Å². The summed E-state index contributed by atoms with van der Waals surface area (Å²) in [5.74, 6) is 0.851. The van der Waals surface area contributed by atoms with Crippen LogP contribution in [0.1, 0.15) is 23.2 Å². The first-order valence-corrected chi connectivity index (χ1v) is 12.5. The van der Waals surface area contributed by atoms with Crippen LogP contribution in [0, 0.1) is 0 Å². The first-order chi connectivity index (χ1) is 14.6. The van der Waals surface area contributed by atoms with Gasteiger partial charge in [-0.15, -0.1) is 22.0 Å². The molecule has 0 fully saturated rings. The number of hydrogen-bond donors (Lipinski definition) is 1. The Morgan fingerprint density at radius 3 is 2.87 bits per heavy atom. The molecule has 0 spiro atoms. The number of anilines is 1. The van der Waals surface area contributed by atoms with Gasteiger partial charge in [0.25, 0.3) is 5.56 Å². The van der Waals surface area contributed by atoms with E-state index in [0.29, 0.717) is 16.8 Å². The minimum Gasteiger partial charge on any atom is -0.300 e. The van der Waals surface area contributed by atoms with Crippen molar-refractivity contribution < 1.29 is 4.79 Å². The van der Waals surface area contributed by atoms with E-state index in [0.717, 1.165) is 46.2 Å². The molecule has 0 atom stereocenters. The number of carbonyl (C=O) groups excluding carboxylic acids is 1. The molecule has 0 unspecified atom stereocenters. The van der Waals surface area contributed by atoms with Gasteiger partial charge in [-0.25, -0.2) is 4.98 Å². The van der Waals surface area contributed by atoms with Crippen LogP contribution < -0.4 is 10.9 Å². The fourth-order valence-corrected chi connectivity index (χ4v) is 5.63. The molecule has 0 saturated carbocycles. The Bertz CT molecular complexity index is 1100. The highest BCUT2D eigenvalue weighted by molar-refractivity contribution is 8.00. The number of aryl methyl sites for hydroxylation is 3. The van der Waals surface area contributed by atoms with Gasteiger partial charge in [-0.3, -0.25) is 19.5 Å². The Morgan fingerprint density at radius 2 is 2.10 bits per heavy atom. The maximum absolute atomic E-state index is 13.0. The van der Waals surface area contributed by atoms with Crippen molar-refractivity contribution >= 4 is 45.9 Å². The number of rotatable bonds is 8. The zero-order chi connectivity index (χ0) is 20.9. The summed E-state index contributed by atoms with van der Waals surface area (Å²) in [4.78, 5) is 30.9. The molecule has 10 heteroatoms. The highest BCUT2D eigenvalue weighted by Crippen LogP contribution is 2.29. The second kappa shape index (κ2) is 9.76. The third kappa shape index (κ3) is 4.93. The van der Waals surface area contributed by atoms with Gasteiger partial charge < -0.3 is 0 Å². The van der Waals surface area contributed by atoms with Crippen LogP contribution >= 0.6 is 34.9 Å². The molecule has 0 radical (unpaired) electrons. The molecule has 7 nitrogen and oxygen atoms in total. The van der Waals surface area contributed by atoms with Gasteiger partial charge in [-0.1, -0.05) is 60.4 Å². The van der Waals surface area contributed by atoms with Crippen LogP contribution in [0.3, 0.4) is 0 Å². The van der Waals surface area contributed by atoms with Gasteiger partial charge in [0.1, 0.15) is 5.01 Å². The number of hydrogen-bond acceptors (Lipinski definition) is 8. The van der Waals surface area contributed by atoms with Crippen LogP contribution in [0.5, 0.6) is 0 Å². The van der Waals surface area contributed by atoms with Crippen LogP contribution in [-0.2, 0) is 30.6 Å². The van der Waals surface area contributed by atoms with Crippen molar-refractivity contribution in [1.29, 1.82) is 0 Å². The lowest BCUT2D eigenvalue weighted by atomic mass is 10.1. The fourth-order valence-electron chi connectivity index (χ4n) is 3.05. The molecule has 3 aromatic rings. The van der Waals surface area contributed by atoms with Crippen LogP contribution in [0.2, 0.25) is 0 Å². The molecule has 0 saturated heterocycles. The molecular formula is C20H21N5O2S3. The van der Waals surface area contributed by atoms with Gasteiger partial charge in [0.2, 0.25) is 11.0 Å². The Morgan fingerprint density at radius 1 is 1.27 bits per heavy atom. The summed E-state index contributed by atoms with van der Waals surface area (Å²) < 4.78 is 1.71. The minimum absolute atomic E-state index is 0.00181. The van der Waals surface area contributed by atoms with Gasteiger partial charge in [0.05, 0.1) is 16.3 Å². The summed E-state index contributed by atoms with van der Waals surface area (Å²) in [5, 5.41) is 12.7. The number of aromatic nitrogens is 4. The van der Waals surface area contributed by atoms with Gasteiger partial charge in [-0.2, -0.15) is 0 Å². The summed E-state index contributed by atoms with van der Waals surface area (Å²) in [5.41, 5.74) is 2.01. The van der Waals surface area contributed by atoms with Crippen LogP contribution in [-0.4, -0.2) is 37.2 Å². The molecular weight excluding hydrogens is 438 g/mol. The molecule has 1 aliphatic rings. The maximum atomic E-state index is 13.0. The third-order valence-corrected chi connectivity index (χ3v) is 7.63.